The molecule has 11 heteroatoms. The normalized spacial score (nSPS) is 13.8. The van der Waals surface area contributed by atoms with Crippen molar-refractivity contribution in [3.8, 4) is 0 Å². The lowest BCUT2D eigenvalue weighted by Gasteiger charge is -2.21. The molecular formula is C19H25N5O5S. The third-order valence-corrected chi connectivity index (χ3v) is 4.75. The molecule has 0 fully saturated rings. The number of amides is 3. The topological polar surface area (TPSA) is 166 Å². The quantitative estimate of drug-likeness (QED) is 0.240. The highest BCUT2D eigenvalue weighted by Crippen LogP contribution is 2.19. The number of nitrogens with one attached hydrogen (secondary N) is 4. The maximum atomic E-state index is 12.7. The van der Waals surface area contributed by atoms with Crippen molar-refractivity contribution in [1.82, 2.24) is 20.9 Å². The smallest absolute Gasteiger partial charge is 0.327 e. The van der Waals surface area contributed by atoms with Crippen LogP contribution in [0.4, 0.5) is 0 Å². The van der Waals surface area contributed by atoms with Gasteiger partial charge < -0.3 is 31.8 Å². The Morgan fingerprint density at radius 1 is 1.13 bits per heavy atom. The fourth-order valence-electron chi connectivity index (χ4n) is 2.76. The number of carboxylic acid groups (broad SMARTS) is 1. The number of H-pyrrole nitrogens is 1. The number of thiol groups is 1. The SMILES string of the molecule is CC(N)C(=O)NCC(=O)NC(Cc1c[nH]c2ccccc12)C(=O)NC(CS)C(=O)O. The Labute approximate surface area is 178 Å². The van der Waals surface area contributed by atoms with E-state index in [1.807, 2.05) is 24.3 Å². The van der Waals surface area contributed by atoms with Gasteiger partial charge in [-0.1, -0.05) is 18.2 Å². The van der Waals surface area contributed by atoms with Crippen LogP contribution in [0.3, 0.4) is 0 Å². The molecule has 162 valence electrons. The summed E-state index contributed by atoms with van der Waals surface area (Å²) < 4.78 is 0. The molecule has 0 saturated heterocycles. The Morgan fingerprint density at radius 2 is 1.83 bits per heavy atom. The van der Waals surface area contributed by atoms with E-state index in [4.69, 9.17) is 10.8 Å². The molecule has 1 aromatic carbocycles. The molecule has 3 amide bonds. The zero-order chi connectivity index (χ0) is 22.3. The summed E-state index contributed by atoms with van der Waals surface area (Å²) in [5, 5.41) is 17.3. The van der Waals surface area contributed by atoms with E-state index < -0.39 is 41.8 Å². The van der Waals surface area contributed by atoms with Crippen LogP contribution in [0.25, 0.3) is 10.9 Å². The number of carbonyl (C=O) groups excluding carboxylic acids is 3. The van der Waals surface area contributed by atoms with E-state index in [1.54, 1.807) is 6.20 Å². The summed E-state index contributed by atoms with van der Waals surface area (Å²) in [5.74, 6) is -3.14. The minimum Gasteiger partial charge on any atom is -0.480 e. The van der Waals surface area contributed by atoms with Crippen LogP contribution in [0.2, 0.25) is 0 Å². The largest absolute Gasteiger partial charge is 0.480 e. The van der Waals surface area contributed by atoms with Crippen LogP contribution in [0.15, 0.2) is 30.5 Å². The highest BCUT2D eigenvalue weighted by Gasteiger charge is 2.27. The Kier molecular flexibility index (Phi) is 8.25. The second-order valence-corrected chi connectivity index (χ2v) is 7.14. The molecule has 2 aromatic rings. The van der Waals surface area contributed by atoms with Gasteiger partial charge in [-0.2, -0.15) is 12.6 Å². The van der Waals surface area contributed by atoms with Crippen LogP contribution in [-0.4, -0.2) is 64.2 Å². The van der Waals surface area contributed by atoms with Gasteiger partial charge in [-0.05, 0) is 18.6 Å². The Hall–Kier alpha value is -3.05. The lowest BCUT2D eigenvalue weighted by molar-refractivity contribution is -0.141. The van der Waals surface area contributed by atoms with Crippen molar-refractivity contribution >= 4 is 47.2 Å². The summed E-state index contributed by atoms with van der Waals surface area (Å²) in [7, 11) is 0. The van der Waals surface area contributed by atoms with Crippen molar-refractivity contribution < 1.29 is 24.3 Å². The summed E-state index contributed by atoms with van der Waals surface area (Å²) in [5.41, 5.74) is 7.07. The number of carbonyl (C=O) groups is 4. The van der Waals surface area contributed by atoms with E-state index in [1.165, 1.54) is 6.92 Å². The number of fused-ring (bicyclic) bond motifs is 1. The van der Waals surface area contributed by atoms with Gasteiger partial charge >= 0.3 is 5.97 Å². The average Bonchev–Trinajstić information content (AvgIpc) is 3.12. The van der Waals surface area contributed by atoms with Gasteiger partial charge in [0.05, 0.1) is 12.6 Å². The first-order valence-corrected chi connectivity index (χ1v) is 9.87. The van der Waals surface area contributed by atoms with E-state index in [-0.39, 0.29) is 18.7 Å². The Morgan fingerprint density at radius 3 is 2.47 bits per heavy atom. The number of hydrogen-bond donors (Lipinski definition) is 7. The third-order valence-electron chi connectivity index (χ3n) is 4.38. The Balaban J connectivity index is 2.16. The maximum Gasteiger partial charge on any atom is 0.327 e. The van der Waals surface area contributed by atoms with Crippen LogP contribution in [0, 0.1) is 0 Å². The van der Waals surface area contributed by atoms with Crippen LogP contribution >= 0.6 is 12.6 Å². The molecule has 0 radical (unpaired) electrons. The van der Waals surface area contributed by atoms with Crippen molar-refractivity contribution in [2.75, 3.05) is 12.3 Å². The molecule has 3 atom stereocenters. The minimum absolute atomic E-state index is 0.112. The van der Waals surface area contributed by atoms with Gasteiger partial charge in [-0.25, -0.2) is 4.79 Å². The number of nitrogens with two attached hydrogens (primary N) is 1. The number of benzene rings is 1. The molecule has 0 spiro atoms. The number of carboxylic acids is 1. The lowest BCUT2D eigenvalue weighted by Crippen LogP contribution is -2.54. The molecule has 7 N–H and O–H groups in total. The standard InChI is InChI=1S/C19H25N5O5S/c1-10(20)17(26)22-8-16(25)23-14(18(27)24-15(9-30)19(28)29)6-11-7-21-13-5-3-2-4-12(11)13/h2-5,7,10,14-15,21,30H,6,8-9,20H2,1H3,(H,22,26)(H,23,25)(H,24,27)(H,28,29). The van der Waals surface area contributed by atoms with Gasteiger partial charge in [0.1, 0.15) is 12.1 Å². The highest BCUT2D eigenvalue weighted by atomic mass is 32.1. The van der Waals surface area contributed by atoms with Crippen LogP contribution in [0.5, 0.6) is 0 Å². The van der Waals surface area contributed by atoms with Crippen molar-refractivity contribution in [3.05, 3.63) is 36.0 Å². The predicted molar refractivity (Wildman–Crippen MR) is 114 cm³/mol. The molecule has 2 rings (SSSR count). The number of aliphatic carboxylic acids is 1. The number of aromatic amines is 1. The lowest BCUT2D eigenvalue weighted by atomic mass is 10.0. The molecule has 0 saturated carbocycles. The second-order valence-electron chi connectivity index (χ2n) is 6.77. The number of hydrogen-bond acceptors (Lipinski definition) is 6. The minimum atomic E-state index is -1.24. The molecule has 0 aliphatic carbocycles. The first kappa shape index (κ1) is 23.2. The first-order valence-electron chi connectivity index (χ1n) is 9.24. The fourth-order valence-corrected chi connectivity index (χ4v) is 3.01. The van der Waals surface area contributed by atoms with Gasteiger partial charge in [0.15, 0.2) is 0 Å². The number of aromatic nitrogens is 1. The summed E-state index contributed by atoms with van der Waals surface area (Å²) in [4.78, 5) is 50.9. The molecule has 0 aliphatic heterocycles. The zero-order valence-electron chi connectivity index (χ0n) is 16.3. The van der Waals surface area contributed by atoms with Crippen molar-refractivity contribution in [2.24, 2.45) is 5.73 Å². The number of rotatable bonds is 10. The van der Waals surface area contributed by atoms with Crippen molar-refractivity contribution in [1.29, 1.82) is 0 Å². The van der Waals surface area contributed by atoms with E-state index in [2.05, 4.69) is 33.6 Å². The predicted octanol–water partition coefficient (Wildman–Crippen LogP) is -0.842. The molecule has 1 aromatic heterocycles. The van der Waals surface area contributed by atoms with E-state index in [0.717, 1.165) is 16.5 Å². The maximum absolute atomic E-state index is 12.7. The summed E-state index contributed by atoms with van der Waals surface area (Å²) in [6.45, 7) is 1.11. The molecule has 10 nitrogen and oxygen atoms in total. The van der Waals surface area contributed by atoms with Gasteiger partial charge in [0, 0.05) is 29.3 Å². The summed E-state index contributed by atoms with van der Waals surface area (Å²) >= 11 is 3.93. The zero-order valence-corrected chi connectivity index (χ0v) is 17.2. The van der Waals surface area contributed by atoms with E-state index >= 15 is 0 Å². The molecule has 30 heavy (non-hydrogen) atoms. The van der Waals surface area contributed by atoms with Gasteiger partial charge in [0.2, 0.25) is 17.7 Å². The van der Waals surface area contributed by atoms with E-state index in [9.17, 15) is 19.2 Å². The summed E-state index contributed by atoms with van der Waals surface area (Å²) in [6, 6.07) is 4.39. The average molecular weight is 436 g/mol. The highest BCUT2D eigenvalue weighted by molar-refractivity contribution is 7.80. The van der Waals surface area contributed by atoms with Gasteiger partial charge in [0.25, 0.3) is 0 Å². The molecule has 0 aliphatic rings. The van der Waals surface area contributed by atoms with Crippen LogP contribution < -0.4 is 21.7 Å². The molecule has 3 unspecified atom stereocenters. The monoisotopic (exact) mass is 435 g/mol. The second kappa shape index (κ2) is 10.6. The third kappa shape index (κ3) is 6.22. The van der Waals surface area contributed by atoms with Gasteiger partial charge in [-0.15, -0.1) is 0 Å². The summed E-state index contributed by atoms with van der Waals surface area (Å²) in [6.07, 6.45) is 1.84. The number of para-hydroxylation sites is 1. The molecular weight excluding hydrogens is 410 g/mol. The van der Waals surface area contributed by atoms with Gasteiger partial charge in [-0.3, -0.25) is 14.4 Å². The van der Waals surface area contributed by atoms with Crippen molar-refractivity contribution in [3.63, 3.8) is 0 Å². The van der Waals surface area contributed by atoms with Crippen LogP contribution in [0.1, 0.15) is 12.5 Å². The van der Waals surface area contributed by atoms with Crippen molar-refractivity contribution in [2.45, 2.75) is 31.5 Å². The van der Waals surface area contributed by atoms with Crippen LogP contribution in [-0.2, 0) is 25.6 Å². The Bertz CT molecular complexity index is 929. The molecule has 0 bridgehead atoms. The van der Waals surface area contributed by atoms with E-state index in [0.29, 0.717) is 0 Å². The molecule has 1 heterocycles. The first-order chi connectivity index (χ1) is 14.2. The fraction of sp³-hybridized carbons (Fsp3) is 0.368.